The van der Waals surface area contributed by atoms with E-state index in [9.17, 15) is 18.0 Å². The molecule has 1 aromatic rings. The van der Waals surface area contributed by atoms with E-state index in [2.05, 4.69) is 9.72 Å². The molecule has 92 valence electrons. The molecule has 17 heavy (non-hydrogen) atoms. The number of halogens is 3. The zero-order valence-corrected chi connectivity index (χ0v) is 9.21. The molecule has 0 saturated carbocycles. The van der Waals surface area contributed by atoms with Crippen molar-refractivity contribution < 1.29 is 22.7 Å². The van der Waals surface area contributed by atoms with Gasteiger partial charge in [-0.25, -0.2) is 4.79 Å². The number of carbonyl (C=O) groups excluding carboxylic acids is 1. The lowest BCUT2D eigenvalue weighted by Crippen LogP contribution is -2.07. The van der Waals surface area contributed by atoms with Gasteiger partial charge in [0.15, 0.2) is 0 Å². The summed E-state index contributed by atoms with van der Waals surface area (Å²) >= 11 is 0. The summed E-state index contributed by atoms with van der Waals surface area (Å²) in [7, 11) is 1.20. The summed E-state index contributed by atoms with van der Waals surface area (Å²) in [5, 5.41) is 0. The van der Waals surface area contributed by atoms with E-state index in [1.807, 2.05) is 0 Å². The van der Waals surface area contributed by atoms with Gasteiger partial charge in [-0.1, -0.05) is 0 Å². The van der Waals surface area contributed by atoms with Crippen molar-refractivity contribution in [3.05, 3.63) is 35.2 Å². The number of ether oxygens (including phenoxy) is 1. The first-order valence-electron chi connectivity index (χ1n) is 4.64. The van der Waals surface area contributed by atoms with E-state index in [1.165, 1.54) is 26.2 Å². The van der Waals surface area contributed by atoms with E-state index in [4.69, 9.17) is 0 Å². The number of alkyl halides is 3. The molecular formula is C11H10F3NO2. The Balaban J connectivity index is 3.05. The second-order valence-electron chi connectivity index (χ2n) is 3.29. The number of hydrogen-bond acceptors (Lipinski definition) is 3. The van der Waals surface area contributed by atoms with E-state index in [0.29, 0.717) is 0 Å². The van der Waals surface area contributed by atoms with E-state index in [-0.39, 0.29) is 11.1 Å². The van der Waals surface area contributed by atoms with Gasteiger partial charge in [-0.05, 0) is 30.7 Å². The summed E-state index contributed by atoms with van der Waals surface area (Å²) in [6.45, 7) is 1.46. The van der Waals surface area contributed by atoms with Crippen molar-refractivity contribution >= 4 is 12.0 Å². The normalized spacial score (nSPS) is 12.4. The molecule has 0 unspecified atom stereocenters. The summed E-state index contributed by atoms with van der Waals surface area (Å²) in [5.41, 5.74) is -0.536. The summed E-state index contributed by atoms with van der Waals surface area (Å²) in [6.07, 6.45) is -2.15. The molecule has 0 aliphatic rings. The van der Waals surface area contributed by atoms with Crippen molar-refractivity contribution in [3.63, 3.8) is 0 Å². The molecular weight excluding hydrogens is 235 g/mol. The monoisotopic (exact) mass is 245 g/mol. The highest BCUT2D eigenvalue weighted by Crippen LogP contribution is 2.28. The first-order valence-corrected chi connectivity index (χ1v) is 4.64. The van der Waals surface area contributed by atoms with Crippen molar-refractivity contribution in [2.75, 3.05) is 7.11 Å². The molecule has 0 fully saturated rings. The van der Waals surface area contributed by atoms with Crippen molar-refractivity contribution in [3.8, 4) is 0 Å². The highest BCUT2D eigenvalue weighted by Gasteiger charge is 2.32. The lowest BCUT2D eigenvalue weighted by Gasteiger charge is -2.06. The van der Waals surface area contributed by atoms with Gasteiger partial charge in [0.25, 0.3) is 0 Å². The van der Waals surface area contributed by atoms with Gasteiger partial charge in [0.05, 0.1) is 7.11 Å². The number of rotatable bonds is 2. The molecule has 0 spiro atoms. The molecule has 0 radical (unpaired) electrons. The van der Waals surface area contributed by atoms with E-state index in [0.717, 1.165) is 12.3 Å². The number of aromatic nitrogens is 1. The topological polar surface area (TPSA) is 39.2 Å². The van der Waals surface area contributed by atoms with E-state index in [1.54, 1.807) is 0 Å². The maximum Gasteiger partial charge on any atom is 0.433 e. The van der Waals surface area contributed by atoms with Crippen molar-refractivity contribution in [1.82, 2.24) is 4.98 Å². The molecule has 0 bridgehead atoms. The van der Waals surface area contributed by atoms with Crippen molar-refractivity contribution in [1.29, 1.82) is 0 Å². The Kier molecular flexibility index (Phi) is 3.88. The molecule has 0 aliphatic carbocycles. The molecule has 0 saturated heterocycles. The second kappa shape index (κ2) is 4.99. The Labute approximate surface area is 95.9 Å². The lowest BCUT2D eigenvalue weighted by molar-refractivity contribution is -0.141. The summed E-state index contributed by atoms with van der Waals surface area (Å²) in [6, 6.07) is 2.24. The molecule has 1 heterocycles. The van der Waals surface area contributed by atoms with Crippen LogP contribution in [0.25, 0.3) is 6.08 Å². The van der Waals surface area contributed by atoms with Crippen LogP contribution in [-0.4, -0.2) is 18.1 Å². The predicted octanol–water partition coefficient (Wildman–Crippen LogP) is 2.68. The zero-order chi connectivity index (χ0) is 13.1. The highest BCUT2D eigenvalue weighted by molar-refractivity contribution is 5.92. The molecule has 0 atom stereocenters. The van der Waals surface area contributed by atoms with Gasteiger partial charge in [-0.15, -0.1) is 0 Å². The summed E-state index contributed by atoms with van der Waals surface area (Å²) in [5.74, 6) is -0.588. The van der Waals surface area contributed by atoms with Crippen LogP contribution in [0, 0.1) is 0 Å². The SMILES string of the molecule is COC(=O)/C(C)=C/c1ccnc(C(F)(F)F)c1. The Hall–Kier alpha value is -1.85. The fourth-order valence-electron chi connectivity index (χ4n) is 1.16. The number of methoxy groups -OCH3 is 1. The number of pyridine rings is 1. The Morgan fingerprint density at radius 3 is 2.65 bits per heavy atom. The van der Waals surface area contributed by atoms with Crippen molar-refractivity contribution in [2.45, 2.75) is 13.1 Å². The number of carbonyl (C=O) groups is 1. The van der Waals surface area contributed by atoms with Crippen molar-refractivity contribution in [2.24, 2.45) is 0 Å². The van der Waals surface area contributed by atoms with Gasteiger partial charge in [-0.3, -0.25) is 4.98 Å². The number of hydrogen-bond donors (Lipinski definition) is 0. The molecule has 1 rings (SSSR count). The fourth-order valence-corrected chi connectivity index (χ4v) is 1.16. The second-order valence-corrected chi connectivity index (χ2v) is 3.29. The third-order valence-corrected chi connectivity index (χ3v) is 1.96. The van der Waals surface area contributed by atoms with Gasteiger partial charge in [0, 0.05) is 11.8 Å². The Morgan fingerprint density at radius 1 is 1.47 bits per heavy atom. The zero-order valence-electron chi connectivity index (χ0n) is 9.21. The van der Waals surface area contributed by atoms with Crippen LogP contribution in [0.1, 0.15) is 18.2 Å². The summed E-state index contributed by atoms with van der Waals surface area (Å²) in [4.78, 5) is 14.3. The van der Waals surface area contributed by atoms with Gasteiger partial charge in [0.1, 0.15) is 5.69 Å². The molecule has 0 aliphatic heterocycles. The number of esters is 1. The van der Waals surface area contributed by atoms with Crippen LogP contribution in [0.2, 0.25) is 0 Å². The van der Waals surface area contributed by atoms with Crippen LogP contribution in [-0.2, 0) is 15.7 Å². The third kappa shape index (κ3) is 3.58. The fraction of sp³-hybridized carbons (Fsp3) is 0.273. The van der Waals surface area contributed by atoms with Crippen LogP contribution in [0.3, 0.4) is 0 Å². The minimum Gasteiger partial charge on any atom is -0.466 e. The minimum absolute atomic E-state index is 0.215. The molecule has 0 amide bonds. The van der Waals surface area contributed by atoms with Crippen LogP contribution < -0.4 is 0 Å². The largest absolute Gasteiger partial charge is 0.466 e. The molecule has 1 aromatic heterocycles. The van der Waals surface area contributed by atoms with Gasteiger partial charge in [-0.2, -0.15) is 13.2 Å². The molecule has 6 heteroatoms. The predicted molar refractivity (Wildman–Crippen MR) is 54.9 cm³/mol. The van der Waals surface area contributed by atoms with E-state index < -0.39 is 17.8 Å². The molecule has 0 aromatic carbocycles. The van der Waals surface area contributed by atoms with Crippen LogP contribution in [0.5, 0.6) is 0 Å². The van der Waals surface area contributed by atoms with Gasteiger partial charge >= 0.3 is 12.1 Å². The minimum atomic E-state index is -4.50. The maximum absolute atomic E-state index is 12.4. The molecule has 0 N–H and O–H groups in total. The third-order valence-electron chi connectivity index (χ3n) is 1.96. The lowest BCUT2D eigenvalue weighted by atomic mass is 10.1. The quantitative estimate of drug-likeness (QED) is 0.594. The molecule has 3 nitrogen and oxygen atoms in total. The van der Waals surface area contributed by atoms with Crippen LogP contribution in [0.15, 0.2) is 23.9 Å². The van der Waals surface area contributed by atoms with Crippen LogP contribution in [0.4, 0.5) is 13.2 Å². The first-order chi connectivity index (χ1) is 7.84. The summed E-state index contributed by atoms with van der Waals surface area (Å²) < 4.78 is 41.5. The smallest absolute Gasteiger partial charge is 0.433 e. The Morgan fingerprint density at radius 2 is 2.12 bits per heavy atom. The number of nitrogens with zero attached hydrogens (tertiary/aromatic N) is 1. The average Bonchev–Trinajstić information content (AvgIpc) is 2.27. The van der Waals surface area contributed by atoms with Gasteiger partial charge < -0.3 is 4.74 Å². The highest BCUT2D eigenvalue weighted by atomic mass is 19.4. The van der Waals surface area contributed by atoms with Crippen LogP contribution >= 0.6 is 0 Å². The Bertz CT molecular complexity index is 452. The standard InChI is InChI=1S/C11H10F3NO2/c1-7(10(16)17-2)5-8-3-4-15-9(6-8)11(12,13)14/h3-6H,1-2H3/b7-5+. The average molecular weight is 245 g/mol. The van der Waals surface area contributed by atoms with Gasteiger partial charge in [0.2, 0.25) is 0 Å². The first kappa shape index (κ1) is 13.2. The van der Waals surface area contributed by atoms with E-state index >= 15 is 0 Å². The maximum atomic E-state index is 12.4.